The zero-order chi connectivity index (χ0) is 17.0. The van der Waals surface area contributed by atoms with Gasteiger partial charge in [-0.15, -0.1) is 0 Å². The van der Waals surface area contributed by atoms with Gasteiger partial charge in [0, 0.05) is 6.42 Å². The minimum Gasteiger partial charge on any atom is -0.481 e. The maximum atomic E-state index is 12.4. The van der Waals surface area contributed by atoms with Crippen LogP contribution >= 0.6 is 7.82 Å². The topological polar surface area (TPSA) is 108 Å². The number of ether oxygens (including phenoxy) is 1. The number of hydrogen-bond donors (Lipinski definition) is 1. The molecule has 1 N–H and O–H groups in total. The van der Waals surface area contributed by atoms with Crippen molar-refractivity contribution in [3.05, 3.63) is 0 Å². The van der Waals surface area contributed by atoms with Crippen LogP contribution in [-0.4, -0.2) is 48.9 Å². The van der Waals surface area contributed by atoms with E-state index in [-0.39, 0.29) is 44.2 Å². The van der Waals surface area contributed by atoms with Crippen molar-refractivity contribution >= 4 is 19.6 Å². The van der Waals surface area contributed by atoms with Crippen molar-refractivity contribution in [2.24, 2.45) is 11.8 Å². The van der Waals surface area contributed by atoms with Gasteiger partial charge in [-0.3, -0.25) is 23.2 Å². The van der Waals surface area contributed by atoms with E-state index < -0.39 is 25.6 Å². The van der Waals surface area contributed by atoms with E-state index in [9.17, 15) is 19.3 Å². The molecule has 0 spiro atoms. The molecule has 0 aromatic carbocycles. The van der Waals surface area contributed by atoms with Crippen LogP contribution in [0.2, 0.25) is 0 Å². The molecule has 0 aromatic rings. The number of carboxylic acid groups (broad SMARTS) is 1. The molecule has 2 saturated heterocycles. The molecule has 0 radical (unpaired) electrons. The van der Waals surface area contributed by atoms with Gasteiger partial charge >= 0.3 is 13.8 Å². The molecule has 2 fully saturated rings. The minimum atomic E-state index is -3.65. The summed E-state index contributed by atoms with van der Waals surface area (Å²) in [6.07, 6.45) is 0.600. The number of hydrogen-bond acceptors (Lipinski definition) is 7. The fourth-order valence-corrected chi connectivity index (χ4v) is 4.42. The molecule has 2 aliphatic rings. The minimum absolute atomic E-state index is 0.0504. The number of carbonyl (C=O) groups excluding carboxylic acids is 1. The Kier molecular flexibility index (Phi) is 6.33. The highest BCUT2D eigenvalue weighted by atomic mass is 31.2. The van der Waals surface area contributed by atoms with Gasteiger partial charge in [-0.25, -0.2) is 4.57 Å². The Labute approximate surface area is 135 Å². The van der Waals surface area contributed by atoms with Crippen LogP contribution in [0.5, 0.6) is 0 Å². The molecule has 4 atom stereocenters. The lowest BCUT2D eigenvalue weighted by Crippen LogP contribution is -2.38. The van der Waals surface area contributed by atoms with E-state index in [1.54, 1.807) is 13.8 Å². The van der Waals surface area contributed by atoms with Crippen molar-refractivity contribution < 1.29 is 37.6 Å². The summed E-state index contributed by atoms with van der Waals surface area (Å²) in [5.74, 6) is -2.71. The predicted octanol–water partition coefficient (Wildman–Crippen LogP) is 2.02. The molecule has 2 rings (SSSR count). The SMILES string of the molecule is CCOP(=O)(OCC)OCCC(=O)C1C2CCC(O2)C1C(=O)O. The summed E-state index contributed by atoms with van der Waals surface area (Å²) in [4.78, 5) is 23.7. The number of Topliss-reactive ketones (excluding diaryl/α,β-unsaturated/α-hetero) is 1. The first-order chi connectivity index (χ1) is 10.9. The molecule has 2 bridgehead atoms. The summed E-state index contributed by atoms with van der Waals surface area (Å²) in [7, 11) is -3.65. The summed E-state index contributed by atoms with van der Waals surface area (Å²) < 4.78 is 32.7. The van der Waals surface area contributed by atoms with Gasteiger partial charge in [0.2, 0.25) is 0 Å². The standard InChI is InChI=1S/C14H23O8P/c1-3-19-23(18,20-4-2)21-8-7-9(15)12-10-5-6-11(22-10)13(12)14(16)17/h10-13H,3-8H2,1-2H3,(H,16,17). The largest absolute Gasteiger partial charge is 0.481 e. The predicted molar refractivity (Wildman–Crippen MR) is 78.9 cm³/mol. The number of phosphoric acid groups is 1. The van der Waals surface area contributed by atoms with E-state index in [1.807, 2.05) is 0 Å². The first kappa shape index (κ1) is 18.5. The number of carbonyl (C=O) groups is 2. The van der Waals surface area contributed by atoms with Gasteiger partial charge in [0.1, 0.15) is 5.78 Å². The van der Waals surface area contributed by atoms with Crippen molar-refractivity contribution in [2.45, 2.75) is 45.3 Å². The second-order valence-electron chi connectivity index (χ2n) is 5.51. The Morgan fingerprint density at radius 3 is 2.17 bits per heavy atom. The highest BCUT2D eigenvalue weighted by Crippen LogP contribution is 2.49. The third kappa shape index (κ3) is 4.19. The second kappa shape index (κ2) is 7.85. The summed E-state index contributed by atoms with van der Waals surface area (Å²) in [5, 5.41) is 9.30. The van der Waals surface area contributed by atoms with Crippen LogP contribution in [0.4, 0.5) is 0 Å². The maximum Gasteiger partial charge on any atom is 0.474 e. The summed E-state index contributed by atoms with van der Waals surface area (Å²) >= 11 is 0. The van der Waals surface area contributed by atoms with Crippen molar-refractivity contribution in [2.75, 3.05) is 19.8 Å². The van der Waals surface area contributed by atoms with Crippen LogP contribution in [-0.2, 0) is 32.5 Å². The molecule has 9 heteroatoms. The van der Waals surface area contributed by atoms with Crippen LogP contribution in [0.3, 0.4) is 0 Å². The van der Waals surface area contributed by atoms with Crippen LogP contribution in [0, 0.1) is 11.8 Å². The molecular formula is C14H23O8P. The monoisotopic (exact) mass is 350 g/mol. The second-order valence-corrected chi connectivity index (χ2v) is 7.18. The van der Waals surface area contributed by atoms with Gasteiger partial charge in [-0.2, -0.15) is 0 Å². The Morgan fingerprint density at radius 2 is 1.65 bits per heavy atom. The van der Waals surface area contributed by atoms with Crippen LogP contribution in [0.1, 0.15) is 33.1 Å². The Bertz CT molecular complexity index is 483. The molecule has 2 aliphatic heterocycles. The van der Waals surface area contributed by atoms with Crippen molar-refractivity contribution in [1.82, 2.24) is 0 Å². The normalized spacial score (nSPS) is 29.8. The van der Waals surface area contributed by atoms with E-state index in [4.69, 9.17) is 18.3 Å². The van der Waals surface area contributed by atoms with Crippen LogP contribution in [0.15, 0.2) is 0 Å². The van der Waals surface area contributed by atoms with Gasteiger partial charge in [-0.1, -0.05) is 0 Å². The van der Waals surface area contributed by atoms with E-state index in [0.29, 0.717) is 12.8 Å². The molecule has 0 aromatic heterocycles. The summed E-state index contributed by atoms with van der Waals surface area (Å²) in [5.41, 5.74) is 0. The number of fused-ring (bicyclic) bond motifs is 2. The number of phosphoric ester groups is 1. The van der Waals surface area contributed by atoms with E-state index in [2.05, 4.69) is 0 Å². The number of rotatable bonds is 10. The lowest BCUT2D eigenvalue weighted by Gasteiger charge is -2.23. The first-order valence-corrected chi connectivity index (χ1v) is 9.32. The maximum absolute atomic E-state index is 12.4. The smallest absolute Gasteiger partial charge is 0.474 e. The fourth-order valence-electron chi connectivity index (χ4n) is 3.25. The fraction of sp³-hybridized carbons (Fsp3) is 0.857. The first-order valence-electron chi connectivity index (χ1n) is 7.86. The van der Waals surface area contributed by atoms with Crippen molar-refractivity contribution in [3.8, 4) is 0 Å². The average molecular weight is 350 g/mol. The summed E-state index contributed by atoms with van der Waals surface area (Å²) in [6.45, 7) is 3.49. The number of aliphatic carboxylic acids is 1. The van der Waals surface area contributed by atoms with Crippen LogP contribution in [0.25, 0.3) is 0 Å². The average Bonchev–Trinajstić information content (AvgIpc) is 3.08. The highest BCUT2D eigenvalue weighted by molar-refractivity contribution is 7.48. The number of carboxylic acids is 1. The molecule has 8 nitrogen and oxygen atoms in total. The van der Waals surface area contributed by atoms with Gasteiger partial charge < -0.3 is 9.84 Å². The Hall–Kier alpha value is -0.790. The third-order valence-electron chi connectivity index (χ3n) is 4.10. The van der Waals surface area contributed by atoms with Crippen molar-refractivity contribution in [1.29, 1.82) is 0 Å². The highest BCUT2D eigenvalue weighted by Gasteiger charge is 2.55. The number of ketones is 1. The Morgan fingerprint density at radius 1 is 1.09 bits per heavy atom. The van der Waals surface area contributed by atoms with Gasteiger partial charge in [0.15, 0.2) is 0 Å². The van der Waals surface area contributed by atoms with Crippen LogP contribution < -0.4 is 0 Å². The molecule has 0 saturated carbocycles. The zero-order valence-electron chi connectivity index (χ0n) is 13.3. The molecule has 4 unspecified atom stereocenters. The lowest BCUT2D eigenvalue weighted by molar-refractivity contribution is -0.147. The van der Waals surface area contributed by atoms with E-state index in [1.165, 1.54) is 0 Å². The zero-order valence-corrected chi connectivity index (χ0v) is 14.2. The van der Waals surface area contributed by atoms with Gasteiger partial charge in [-0.05, 0) is 26.7 Å². The summed E-state index contributed by atoms with van der Waals surface area (Å²) in [6, 6.07) is 0. The molecule has 23 heavy (non-hydrogen) atoms. The quantitative estimate of drug-likeness (QED) is 0.596. The van der Waals surface area contributed by atoms with Crippen molar-refractivity contribution in [3.63, 3.8) is 0 Å². The van der Waals surface area contributed by atoms with Gasteiger partial charge in [0.25, 0.3) is 0 Å². The lowest BCUT2D eigenvalue weighted by atomic mass is 9.76. The molecule has 0 aliphatic carbocycles. The van der Waals surface area contributed by atoms with Gasteiger partial charge in [0.05, 0.1) is 43.9 Å². The molecular weight excluding hydrogens is 327 g/mol. The molecule has 0 amide bonds. The Balaban J connectivity index is 1.89. The molecule has 132 valence electrons. The molecule has 2 heterocycles. The van der Waals surface area contributed by atoms with E-state index in [0.717, 1.165) is 0 Å². The van der Waals surface area contributed by atoms with E-state index >= 15 is 0 Å². The third-order valence-corrected chi connectivity index (χ3v) is 5.75.